The van der Waals surface area contributed by atoms with Gasteiger partial charge in [0.1, 0.15) is 17.7 Å². The molecule has 204 valence electrons. The average molecular weight is 695 g/mol. The minimum atomic E-state index is -1.00. The van der Waals surface area contributed by atoms with Crippen molar-refractivity contribution in [2.24, 2.45) is 11.5 Å². The number of hydrogen-bond acceptors (Lipinski definition) is 5. The molecule has 0 bridgehead atoms. The lowest BCUT2D eigenvalue weighted by molar-refractivity contribution is -0.139. The molecule has 0 spiro atoms. The summed E-state index contributed by atoms with van der Waals surface area (Å²) < 4.78 is 36.9. The van der Waals surface area contributed by atoms with Crippen LogP contribution in [0.4, 0.5) is 13.2 Å². The Morgan fingerprint density at radius 2 is 1.41 bits per heavy atom. The van der Waals surface area contributed by atoms with Crippen LogP contribution in [0.1, 0.15) is 26.7 Å². The fourth-order valence-electron chi connectivity index (χ4n) is 1.38. The summed E-state index contributed by atoms with van der Waals surface area (Å²) in [5, 5.41) is 23.8. The minimum absolute atomic E-state index is 0.250. The number of aliphatic carboxylic acids is 2. The zero-order chi connectivity index (χ0) is 29.1. The number of allylic oxidation sites excluding steroid dienone is 1. The van der Waals surface area contributed by atoms with Gasteiger partial charge in [-0.25, -0.2) is 4.39 Å². The van der Waals surface area contributed by atoms with Crippen LogP contribution in [0.5, 0.6) is 0 Å². The summed E-state index contributed by atoms with van der Waals surface area (Å²) in [7, 11) is 0. The van der Waals surface area contributed by atoms with Gasteiger partial charge in [-0.15, -0.1) is 6.58 Å². The number of carbonyl (C=O) groups is 2. The van der Waals surface area contributed by atoms with Crippen LogP contribution < -0.4 is 11.5 Å². The van der Waals surface area contributed by atoms with Crippen LogP contribution in [0.25, 0.3) is 0 Å². The largest absolute Gasteiger partial charge is 0.480 e. The Labute approximate surface area is 227 Å². The molecular weight excluding hydrogens is 655 g/mol. The second kappa shape index (κ2) is 45.5. The fraction of sp³-hybridized carbons (Fsp3) is 0.524. The SMILES string of the molecule is BrCBr.C=CCCC(N)C(=O)O.CC[18F].CO.NC(Cc1ccccc1)C(=O)O.[18F]CBr.[3H]CF. The summed E-state index contributed by atoms with van der Waals surface area (Å²) in [6.07, 6.45) is 3.17. The first-order valence-electron chi connectivity index (χ1n) is 9.96. The van der Waals surface area contributed by atoms with Gasteiger partial charge < -0.3 is 26.8 Å². The van der Waals surface area contributed by atoms with Gasteiger partial charge in [0, 0.05) is 7.11 Å². The van der Waals surface area contributed by atoms with Crippen LogP contribution in [-0.2, 0) is 16.0 Å². The lowest BCUT2D eigenvalue weighted by Crippen LogP contribution is -2.32. The van der Waals surface area contributed by atoms with Gasteiger partial charge in [0.25, 0.3) is 0 Å². The van der Waals surface area contributed by atoms with Gasteiger partial charge in [0.2, 0.25) is 0 Å². The van der Waals surface area contributed by atoms with E-state index < -0.39 is 36.8 Å². The molecule has 1 aromatic rings. The molecule has 2 atom stereocenters. The molecule has 0 fully saturated rings. The number of carboxylic acids is 2. The van der Waals surface area contributed by atoms with Crippen LogP contribution in [0.15, 0.2) is 43.0 Å². The number of nitrogens with two attached hydrogens (primary N) is 2. The van der Waals surface area contributed by atoms with E-state index in [9.17, 15) is 22.8 Å². The van der Waals surface area contributed by atoms with E-state index in [1.165, 1.54) is 6.92 Å². The molecule has 13 heteroatoms. The molecule has 1 aromatic carbocycles. The Morgan fingerprint density at radius 3 is 1.68 bits per heavy atom. The van der Waals surface area contributed by atoms with Gasteiger partial charge in [-0.1, -0.05) is 84.2 Å². The van der Waals surface area contributed by atoms with Gasteiger partial charge in [-0.3, -0.25) is 18.4 Å². The fourth-order valence-corrected chi connectivity index (χ4v) is 1.38. The Balaban J connectivity index is -0.0000000805. The molecule has 0 aliphatic heterocycles. The zero-order valence-electron chi connectivity index (χ0n) is 20.4. The van der Waals surface area contributed by atoms with Gasteiger partial charge in [0.15, 0.2) is 0 Å². The minimum Gasteiger partial charge on any atom is -0.480 e. The summed E-state index contributed by atoms with van der Waals surface area (Å²) in [5.74, 6) is -1.91. The highest BCUT2D eigenvalue weighted by molar-refractivity contribution is 9.24. The van der Waals surface area contributed by atoms with E-state index in [1.54, 1.807) is 6.08 Å². The number of rotatable bonds is 7. The van der Waals surface area contributed by atoms with Gasteiger partial charge >= 0.3 is 11.9 Å². The van der Waals surface area contributed by atoms with Crippen molar-refractivity contribution in [3.63, 3.8) is 0 Å². The van der Waals surface area contributed by atoms with Crippen molar-refractivity contribution in [2.75, 3.05) is 30.8 Å². The summed E-state index contributed by atoms with van der Waals surface area (Å²) in [6, 6.07) is 7.81. The van der Waals surface area contributed by atoms with Crippen molar-refractivity contribution in [2.45, 2.75) is 38.3 Å². The monoisotopic (exact) mass is 692 g/mol. The van der Waals surface area contributed by atoms with Crippen molar-refractivity contribution < 1.29 is 39.5 Å². The highest BCUT2D eigenvalue weighted by Crippen LogP contribution is 2.01. The summed E-state index contributed by atoms with van der Waals surface area (Å²) >= 11 is 8.60. The predicted molar refractivity (Wildman–Crippen MR) is 145 cm³/mol. The van der Waals surface area contributed by atoms with Crippen molar-refractivity contribution >= 4 is 59.7 Å². The standard InChI is InChI=1S/C9H11NO2.C6H11NO2.C2H5F.CH2Br2.CH2BrF.CH3F.CH4O/c10-8(9(11)12)6-7-4-2-1-3-5-7;1-2-3-4-5(7)6(8)9;1-2-3;2*2-1-3;2*1-2/h1-5,8H,6,10H2,(H,11,12);2,5H,1,3-4,7H2,(H,8,9);2H2,1H3;2*1H2;1H3;2H,1H3/i;;3-1;;3-1;1T;. The van der Waals surface area contributed by atoms with E-state index in [0.29, 0.717) is 19.3 Å². The topological polar surface area (TPSA) is 147 Å². The molecule has 0 saturated carbocycles. The predicted octanol–water partition coefficient (Wildman–Crippen LogP) is 5.22. The third-order valence-corrected chi connectivity index (χ3v) is 2.61. The number of aliphatic hydroxyl groups is 1. The van der Waals surface area contributed by atoms with Gasteiger partial charge in [-0.05, 0) is 31.7 Å². The van der Waals surface area contributed by atoms with Crippen molar-refractivity contribution in [1.82, 2.24) is 0 Å². The quantitative estimate of drug-likeness (QED) is 0.194. The molecular formula is C21H38Br3F3N2O5. The first-order valence-corrected chi connectivity index (χ1v) is 12.6. The molecule has 0 heterocycles. The molecule has 7 nitrogen and oxygen atoms in total. The van der Waals surface area contributed by atoms with Crippen LogP contribution >= 0.6 is 47.8 Å². The Hall–Kier alpha value is -0.990. The molecule has 7 N–H and O–H groups in total. The van der Waals surface area contributed by atoms with E-state index in [4.69, 9.17) is 28.2 Å². The van der Waals surface area contributed by atoms with Gasteiger partial charge in [0.05, 0.1) is 19.4 Å². The molecule has 0 saturated heterocycles. The van der Waals surface area contributed by atoms with Gasteiger partial charge in [-0.2, -0.15) is 0 Å². The Morgan fingerprint density at radius 1 is 1.09 bits per heavy atom. The second-order valence-electron chi connectivity index (χ2n) is 4.91. The Bertz CT molecular complexity index is 536. The first-order chi connectivity index (χ1) is 16.5. The smallest absolute Gasteiger partial charge is 0.320 e. The van der Waals surface area contributed by atoms with E-state index >= 15 is 0 Å². The third kappa shape index (κ3) is 52.7. The van der Waals surface area contributed by atoms with Crippen molar-refractivity contribution in [3.8, 4) is 0 Å². The molecule has 0 amide bonds. The molecule has 0 aliphatic rings. The highest BCUT2D eigenvalue weighted by atomic mass is 79.9. The third-order valence-electron chi connectivity index (χ3n) is 2.61. The first kappa shape index (κ1) is 43.1. The van der Waals surface area contributed by atoms with E-state index in [0.717, 1.165) is 16.9 Å². The molecule has 2 unspecified atom stereocenters. The lowest BCUT2D eigenvalue weighted by atomic mass is 10.1. The maximum atomic E-state index is 10.4. The maximum absolute atomic E-state index is 10.4. The van der Waals surface area contributed by atoms with E-state index in [-0.39, 0.29) is 6.67 Å². The summed E-state index contributed by atoms with van der Waals surface area (Å²) in [6.45, 7) is 4.65. The normalized spacial score (nSPS) is 10.0. The van der Waals surface area contributed by atoms with Crippen LogP contribution in [0.2, 0.25) is 0 Å². The number of aliphatic hydroxyl groups excluding tert-OH is 1. The molecule has 1 rings (SSSR count). The van der Waals surface area contributed by atoms with Crippen LogP contribution in [0.3, 0.4) is 0 Å². The molecule has 34 heavy (non-hydrogen) atoms. The zero-order valence-corrected chi connectivity index (χ0v) is 24.1. The lowest BCUT2D eigenvalue weighted by Gasteiger charge is -2.04. The maximum Gasteiger partial charge on any atom is 0.320 e. The molecule has 0 aromatic heterocycles. The molecule has 0 radical (unpaired) electrons. The molecule has 0 aliphatic carbocycles. The number of benzene rings is 1. The van der Waals surface area contributed by atoms with Crippen molar-refractivity contribution in [1.29, 1.82) is 0 Å². The summed E-state index contributed by atoms with van der Waals surface area (Å²) in [4.78, 5) is 20.4. The van der Waals surface area contributed by atoms with E-state index in [1.807, 2.05) is 30.3 Å². The summed E-state index contributed by atoms with van der Waals surface area (Å²) in [5.41, 5.74) is 11.0. The number of halogens is 6. The van der Waals surface area contributed by atoms with E-state index in [2.05, 4.69) is 54.4 Å². The number of carboxylic acid groups (broad SMARTS) is 2. The number of alkyl halides is 6. The van der Waals surface area contributed by atoms with Crippen LogP contribution in [-0.4, -0.2) is 70.1 Å². The number of hydrogen-bond donors (Lipinski definition) is 5. The Kier molecular flexibility index (Phi) is 57.7. The second-order valence-corrected chi connectivity index (χ2v) is 7.96. The average Bonchev–Trinajstić information content (AvgIpc) is 2.82. The van der Waals surface area contributed by atoms with Crippen LogP contribution in [0, 0.1) is 0 Å². The van der Waals surface area contributed by atoms with Crippen molar-refractivity contribution in [3.05, 3.63) is 48.6 Å². The highest BCUT2D eigenvalue weighted by Gasteiger charge is 2.11.